The number of nitrogens with zero attached hydrogens (tertiary/aromatic N) is 2. The summed E-state index contributed by atoms with van der Waals surface area (Å²) >= 11 is 0. The average molecular weight is 275 g/mol. The highest BCUT2D eigenvalue weighted by atomic mass is 16.5. The van der Waals surface area contributed by atoms with Gasteiger partial charge in [-0.15, -0.1) is 0 Å². The number of rotatable bonds is 6. The van der Waals surface area contributed by atoms with E-state index in [-0.39, 0.29) is 17.9 Å². The first kappa shape index (κ1) is 14.7. The molecule has 108 valence electrons. The first-order chi connectivity index (χ1) is 9.67. The van der Waals surface area contributed by atoms with Crippen molar-refractivity contribution in [3.63, 3.8) is 0 Å². The Labute approximate surface area is 118 Å². The lowest BCUT2D eigenvalue weighted by Gasteiger charge is -2.28. The van der Waals surface area contributed by atoms with Crippen LogP contribution in [0.4, 0.5) is 0 Å². The van der Waals surface area contributed by atoms with E-state index in [1.807, 2.05) is 18.2 Å². The van der Waals surface area contributed by atoms with E-state index in [9.17, 15) is 0 Å². The Balaban J connectivity index is 2.46. The first-order valence-electron chi connectivity index (χ1n) is 6.94. The van der Waals surface area contributed by atoms with Gasteiger partial charge < -0.3 is 15.4 Å². The Morgan fingerprint density at radius 1 is 1.25 bits per heavy atom. The van der Waals surface area contributed by atoms with Crippen molar-refractivity contribution >= 4 is 0 Å². The maximum absolute atomic E-state index is 9.08. The van der Waals surface area contributed by atoms with Gasteiger partial charge in [0.1, 0.15) is 6.04 Å². The number of aliphatic hydroxyl groups is 1. The van der Waals surface area contributed by atoms with Crippen LogP contribution in [0.1, 0.15) is 50.0 Å². The molecule has 0 radical (unpaired) electrons. The van der Waals surface area contributed by atoms with E-state index >= 15 is 0 Å². The van der Waals surface area contributed by atoms with Crippen LogP contribution in [-0.4, -0.2) is 21.9 Å². The molecule has 5 heteroatoms. The fraction of sp³-hybridized carbons (Fsp3) is 0.467. The van der Waals surface area contributed by atoms with Gasteiger partial charge in [0, 0.05) is 0 Å². The summed E-state index contributed by atoms with van der Waals surface area (Å²) in [5.41, 5.74) is 6.61. The lowest BCUT2D eigenvalue weighted by Crippen LogP contribution is -2.28. The molecule has 0 fully saturated rings. The lowest BCUT2D eigenvalue weighted by atomic mass is 9.75. The third kappa shape index (κ3) is 2.46. The van der Waals surface area contributed by atoms with Gasteiger partial charge in [0.05, 0.1) is 12.0 Å². The van der Waals surface area contributed by atoms with Crippen LogP contribution in [0.3, 0.4) is 0 Å². The summed E-state index contributed by atoms with van der Waals surface area (Å²) in [6.07, 6.45) is 1.72. The van der Waals surface area contributed by atoms with Crippen molar-refractivity contribution in [2.24, 2.45) is 5.73 Å². The molecular formula is C15H21N3O2. The zero-order valence-electron chi connectivity index (χ0n) is 11.9. The Bertz CT molecular complexity index is 535. The second-order valence-electron chi connectivity index (χ2n) is 4.90. The molecule has 0 bridgehead atoms. The van der Waals surface area contributed by atoms with Gasteiger partial charge in [-0.05, 0) is 18.4 Å². The number of aliphatic hydroxyl groups excluding tert-OH is 1. The summed E-state index contributed by atoms with van der Waals surface area (Å²) < 4.78 is 5.20. The smallest absolute Gasteiger partial charge is 0.245 e. The van der Waals surface area contributed by atoms with Crippen LogP contribution in [0.5, 0.6) is 0 Å². The maximum Gasteiger partial charge on any atom is 0.245 e. The summed E-state index contributed by atoms with van der Waals surface area (Å²) in [6.45, 7) is 4.01. The van der Waals surface area contributed by atoms with Crippen molar-refractivity contribution in [3.8, 4) is 0 Å². The molecule has 0 spiro atoms. The predicted molar refractivity (Wildman–Crippen MR) is 76.1 cm³/mol. The van der Waals surface area contributed by atoms with Gasteiger partial charge in [-0.2, -0.15) is 4.98 Å². The number of benzene rings is 1. The molecule has 2 rings (SSSR count). The quantitative estimate of drug-likeness (QED) is 0.844. The summed E-state index contributed by atoms with van der Waals surface area (Å²) in [5, 5.41) is 13.2. The van der Waals surface area contributed by atoms with Gasteiger partial charge in [0.15, 0.2) is 5.82 Å². The van der Waals surface area contributed by atoms with Crippen LogP contribution < -0.4 is 5.73 Å². The fourth-order valence-electron chi connectivity index (χ4n) is 2.52. The molecule has 3 N–H and O–H groups in total. The number of nitrogens with two attached hydrogens (primary N) is 1. The van der Waals surface area contributed by atoms with Crippen molar-refractivity contribution in [1.29, 1.82) is 0 Å². The van der Waals surface area contributed by atoms with Crippen LogP contribution in [0.2, 0.25) is 0 Å². The Hall–Kier alpha value is -1.72. The Morgan fingerprint density at radius 2 is 1.90 bits per heavy atom. The largest absolute Gasteiger partial charge is 0.394 e. The number of aromatic nitrogens is 2. The molecule has 1 aromatic carbocycles. The van der Waals surface area contributed by atoms with Crippen molar-refractivity contribution in [3.05, 3.63) is 47.6 Å². The summed E-state index contributed by atoms with van der Waals surface area (Å²) in [5.74, 6) is 0.914. The van der Waals surface area contributed by atoms with Crippen molar-refractivity contribution in [1.82, 2.24) is 10.1 Å². The van der Waals surface area contributed by atoms with Gasteiger partial charge in [0.25, 0.3) is 0 Å². The Morgan fingerprint density at radius 3 is 2.45 bits per heavy atom. The van der Waals surface area contributed by atoms with Crippen molar-refractivity contribution in [2.45, 2.75) is 38.1 Å². The molecule has 1 unspecified atom stereocenters. The molecular weight excluding hydrogens is 254 g/mol. The molecule has 0 aliphatic rings. The number of hydrogen-bond donors (Lipinski definition) is 2. The normalized spacial score (nSPS) is 13.4. The van der Waals surface area contributed by atoms with E-state index < -0.39 is 6.04 Å². The molecule has 5 nitrogen and oxygen atoms in total. The van der Waals surface area contributed by atoms with Crippen LogP contribution in [0.15, 0.2) is 34.9 Å². The molecule has 0 aliphatic heterocycles. The van der Waals surface area contributed by atoms with Gasteiger partial charge in [0.2, 0.25) is 5.89 Å². The van der Waals surface area contributed by atoms with E-state index in [0.29, 0.717) is 5.82 Å². The zero-order chi connectivity index (χ0) is 14.6. The van der Waals surface area contributed by atoms with E-state index in [1.54, 1.807) is 0 Å². The van der Waals surface area contributed by atoms with E-state index in [4.69, 9.17) is 15.4 Å². The van der Waals surface area contributed by atoms with E-state index in [2.05, 4.69) is 36.1 Å². The minimum atomic E-state index is -0.626. The molecule has 1 heterocycles. The van der Waals surface area contributed by atoms with Gasteiger partial charge in [-0.1, -0.05) is 49.3 Å². The third-order valence-electron chi connectivity index (χ3n) is 3.92. The SMILES string of the molecule is CCC(CC)(c1ccccc1)c1noc(C(N)CO)n1. The van der Waals surface area contributed by atoms with Crippen LogP contribution in [-0.2, 0) is 5.41 Å². The van der Waals surface area contributed by atoms with Gasteiger partial charge >= 0.3 is 0 Å². The molecule has 0 saturated carbocycles. The molecule has 2 aromatic rings. The van der Waals surface area contributed by atoms with Crippen molar-refractivity contribution in [2.75, 3.05) is 6.61 Å². The molecule has 1 aromatic heterocycles. The van der Waals surface area contributed by atoms with E-state index in [1.165, 1.54) is 0 Å². The minimum absolute atomic E-state index is 0.210. The molecule has 20 heavy (non-hydrogen) atoms. The monoisotopic (exact) mass is 275 g/mol. The lowest BCUT2D eigenvalue weighted by molar-refractivity contribution is 0.236. The Kier molecular flexibility index (Phi) is 4.52. The van der Waals surface area contributed by atoms with E-state index in [0.717, 1.165) is 18.4 Å². The average Bonchev–Trinajstić information content (AvgIpc) is 3.00. The van der Waals surface area contributed by atoms with Gasteiger partial charge in [-0.25, -0.2) is 0 Å². The topological polar surface area (TPSA) is 85.2 Å². The highest BCUT2D eigenvalue weighted by molar-refractivity contribution is 5.32. The molecule has 0 amide bonds. The summed E-state index contributed by atoms with van der Waals surface area (Å²) in [6, 6.07) is 9.54. The number of hydrogen-bond acceptors (Lipinski definition) is 5. The zero-order valence-corrected chi connectivity index (χ0v) is 11.9. The first-order valence-corrected chi connectivity index (χ1v) is 6.94. The summed E-state index contributed by atoms with van der Waals surface area (Å²) in [7, 11) is 0. The highest BCUT2D eigenvalue weighted by Gasteiger charge is 2.36. The van der Waals surface area contributed by atoms with Crippen LogP contribution in [0.25, 0.3) is 0 Å². The van der Waals surface area contributed by atoms with Crippen LogP contribution in [0, 0.1) is 0 Å². The fourth-order valence-corrected chi connectivity index (χ4v) is 2.52. The van der Waals surface area contributed by atoms with Crippen LogP contribution >= 0.6 is 0 Å². The van der Waals surface area contributed by atoms with Gasteiger partial charge in [-0.3, -0.25) is 0 Å². The molecule has 0 saturated heterocycles. The highest BCUT2D eigenvalue weighted by Crippen LogP contribution is 2.37. The second kappa shape index (κ2) is 6.15. The second-order valence-corrected chi connectivity index (χ2v) is 4.90. The standard InChI is InChI=1S/C15H21N3O2/c1-3-15(4-2,11-8-6-5-7-9-11)14-17-13(20-18-14)12(16)10-19/h5-9,12,19H,3-4,10,16H2,1-2H3. The van der Waals surface area contributed by atoms with Crippen molar-refractivity contribution < 1.29 is 9.63 Å². The molecule has 1 atom stereocenters. The maximum atomic E-state index is 9.08. The minimum Gasteiger partial charge on any atom is -0.394 e. The third-order valence-corrected chi connectivity index (χ3v) is 3.92. The summed E-state index contributed by atoms with van der Waals surface area (Å²) in [4.78, 5) is 4.41. The predicted octanol–water partition coefficient (Wildman–Crippen LogP) is 2.17. The molecule has 0 aliphatic carbocycles.